The minimum absolute atomic E-state index is 0.606. The van der Waals surface area contributed by atoms with Gasteiger partial charge in [-0.1, -0.05) is 0 Å². The second kappa shape index (κ2) is 4.92. The van der Waals surface area contributed by atoms with E-state index in [2.05, 4.69) is 35.9 Å². The van der Waals surface area contributed by atoms with Crippen molar-refractivity contribution in [3.05, 3.63) is 23.8 Å². The Bertz CT molecular complexity index is 595. The summed E-state index contributed by atoms with van der Waals surface area (Å²) in [5.74, 6) is 2.02. The van der Waals surface area contributed by atoms with Crippen LogP contribution in [0.25, 0.3) is 0 Å². The summed E-state index contributed by atoms with van der Waals surface area (Å²) in [7, 11) is 0. The van der Waals surface area contributed by atoms with Gasteiger partial charge in [0, 0.05) is 19.2 Å². The van der Waals surface area contributed by atoms with Crippen molar-refractivity contribution in [2.45, 2.75) is 57.7 Å². The lowest BCUT2D eigenvalue weighted by molar-refractivity contribution is 0.283. The molecular formula is C14H20N6. The fourth-order valence-electron chi connectivity index (χ4n) is 3.05. The van der Waals surface area contributed by atoms with Crippen LogP contribution < -0.4 is 5.32 Å². The van der Waals surface area contributed by atoms with Gasteiger partial charge in [-0.3, -0.25) is 9.25 Å². The van der Waals surface area contributed by atoms with Gasteiger partial charge in [0.2, 0.25) is 5.95 Å². The first kappa shape index (κ1) is 11.9. The van der Waals surface area contributed by atoms with E-state index in [9.17, 15) is 0 Å². The molecule has 1 saturated carbocycles. The van der Waals surface area contributed by atoms with Gasteiger partial charge in [-0.2, -0.15) is 5.10 Å². The fraction of sp³-hybridized carbons (Fsp3) is 0.643. The molecule has 1 N–H and O–H groups in total. The zero-order valence-corrected chi connectivity index (χ0v) is 11.6. The van der Waals surface area contributed by atoms with Crippen LogP contribution in [0.1, 0.15) is 49.7 Å². The van der Waals surface area contributed by atoms with Gasteiger partial charge in [-0.05, 0) is 38.2 Å². The number of hydrogen-bond acceptors (Lipinski definition) is 4. The van der Waals surface area contributed by atoms with E-state index in [1.165, 1.54) is 37.8 Å². The van der Waals surface area contributed by atoms with Crippen LogP contribution in [0.15, 0.2) is 12.3 Å². The Morgan fingerprint density at radius 2 is 2.15 bits per heavy atom. The van der Waals surface area contributed by atoms with Crippen molar-refractivity contribution >= 4 is 5.95 Å². The van der Waals surface area contributed by atoms with Crippen molar-refractivity contribution in [1.29, 1.82) is 0 Å². The third-order valence-corrected chi connectivity index (χ3v) is 4.46. The zero-order chi connectivity index (χ0) is 13.4. The van der Waals surface area contributed by atoms with Gasteiger partial charge in [-0.15, -0.1) is 10.2 Å². The van der Waals surface area contributed by atoms with Gasteiger partial charge in [0.1, 0.15) is 5.82 Å². The van der Waals surface area contributed by atoms with Crippen LogP contribution in [0.4, 0.5) is 5.95 Å². The molecule has 1 aliphatic heterocycles. The maximum atomic E-state index is 4.46. The van der Waals surface area contributed by atoms with E-state index in [-0.39, 0.29) is 0 Å². The molecular weight excluding hydrogens is 252 g/mol. The van der Waals surface area contributed by atoms with Crippen LogP contribution >= 0.6 is 0 Å². The first-order valence-corrected chi connectivity index (χ1v) is 7.60. The van der Waals surface area contributed by atoms with Gasteiger partial charge in [0.15, 0.2) is 0 Å². The summed E-state index contributed by atoms with van der Waals surface area (Å²) in [5, 5.41) is 16.4. The molecule has 20 heavy (non-hydrogen) atoms. The molecule has 4 rings (SSSR count). The molecule has 0 spiro atoms. The predicted octanol–water partition coefficient (Wildman–Crippen LogP) is 2.15. The molecule has 0 unspecified atom stereocenters. The van der Waals surface area contributed by atoms with E-state index in [4.69, 9.17) is 0 Å². The van der Waals surface area contributed by atoms with Crippen molar-refractivity contribution in [1.82, 2.24) is 24.5 Å². The van der Waals surface area contributed by atoms with Crippen LogP contribution in [0.2, 0.25) is 0 Å². The Morgan fingerprint density at radius 3 is 3.00 bits per heavy atom. The first-order valence-electron chi connectivity index (χ1n) is 7.60. The Balaban J connectivity index is 1.48. The average Bonchev–Trinajstić information content (AvgIpc) is 3.01. The quantitative estimate of drug-likeness (QED) is 0.926. The fourth-order valence-corrected chi connectivity index (χ4v) is 3.05. The second-order valence-electron chi connectivity index (χ2n) is 5.75. The Kier molecular flexibility index (Phi) is 2.94. The molecule has 3 heterocycles. The van der Waals surface area contributed by atoms with Crippen LogP contribution in [0.3, 0.4) is 0 Å². The van der Waals surface area contributed by atoms with E-state index in [0.29, 0.717) is 6.04 Å². The summed E-state index contributed by atoms with van der Waals surface area (Å²) in [6, 6.07) is 2.70. The summed E-state index contributed by atoms with van der Waals surface area (Å²) in [5.41, 5.74) is 1.24. The summed E-state index contributed by atoms with van der Waals surface area (Å²) < 4.78 is 4.39. The van der Waals surface area contributed by atoms with E-state index < -0.39 is 0 Å². The highest BCUT2D eigenvalue weighted by Gasteiger charge is 2.22. The van der Waals surface area contributed by atoms with Crippen molar-refractivity contribution in [3.8, 4) is 0 Å². The number of nitrogens with zero attached hydrogens (tertiary/aromatic N) is 5. The largest absolute Gasteiger partial charge is 0.349 e. The topological polar surface area (TPSA) is 60.6 Å². The molecule has 0 saturated heterocycles. The molecule has 1 fully saturated rings. The van der Waals surface area contributed by atoms with Crippen LogP contribution in [0, 0.1) is 0 Å². The zero-order valence-electron chi connectivity index (χ0n) is 11.6. The molecule has 106 valence electrons. The lowest BCUT2D eigenvalue weighted by Crippen LogP contribution is -2.22. The van der Waals surface area contributed by atoms with Gasteiger partial charge in [-0.25, -0.2) is 0 Å². The minimum Gasteiger partial charge on any atom is -0.349 e. The van der Waals surface area contributed by atoms with Crippen molar-refractivity contribution in [2.24, 2.45) is 0 Å². The molecule has 1 aliphatic carbocycles. The van der Waals surface area contributed by atoms with E-state index in [1.807, 2.05) is 6.20 Å². The lowest BCUT2D eigenvalue weighted by atomic mass is 9.93. The Morgan fingerprint density at radius 1 is 1.20 bits per heavy atom. The second-order valence-corrected chi connectivity index (χ2v) is 5.75. The molecule has 0 radical (unpaired) electrons. The van der Waals surface area contributed by atoms with Crippen molar-refractivity contribution in [2.75, 3.05) is 5.32 Å². The SMILES string of the molecule is c1cc(CNc2nnc3n2CCCC3)n(C2CCC2)n1. The maximum Gasteiger partial charge on any atom is 0.224 e. The highest BCUT2D eigenvalue weighted by Crippen LogP contribution is 2.31. The molecule has 6 nitrogen and oxygen atoms in total. The van der Waals surface area contributed by atoms with Crippen LogP contribution in [-0.2, 0) is 19.5 Å². The first-order chi connectivity index (χ1) is 9.92. The maximum absolute atomic E-state index is 4.46. The third-order valence-electron chi connectivity index (χ3n) is 4.46. The van der Waals surface area contributed by atoms with E-state index in [0.717, 1.165) is 31.3 Å². The van der Waals surface area contributed by atoms with Crippen LogP contribution in [0.5, 0.6) is 0 Å². The number of hydrogen-bond donors (Lipinski definition) is 1. The molecule has 0 aromatic carbocycles. The van der Waals surface area contributed by atoms with Gasteiger partial charge < -0.3 is 5.32 Å². The minimum atomic E-state index is 0.606. The summed E-state index contributed by atoms with van der Waals surface area (Å²) in [6.07, 6.45) is 9.24. The number of anilines is 1. The number of rotatable bonds is 4. The number of aromatic nitrogens is 5. The smallest absolute Gasteiger partial charge is 0.224 e. The molecule has 6 heteroatoms. The molecule has 2 aromatic heterocycles. The molecule has 0 amide bonds. The van der Waals surface area contributed by atoms with Gasteiger partial charge in [0.25, 0.3) is 0 Å². The van der Waals surface area contributed by atoms with E-state index in [1.54, 1.807) is 0 Å². The van der Waals surface area contributed by atoms with Crippen molar-refractivity contribution < 1.29 is 0 Å². The number of aryl methyl sites for hydroxylation is 1. The molecule has 2 aromatic rings. The van der Waals surface area contributed by atoms with Crippen molar-refractivity contribution in [3.63, 3.8) is 0 Å². The van der Waals surface area contributed by atoms with Gasteiger partial charge >= 0.3 is 0 Å². The lowest BCUT2D eigenvalue weighted by Gasteiger charge is -2.27. The number of fused-ring (bicyclic) bond motifs is 1. The standard InChI is InChI=1S/C14H20N6/c1-2-9-19-13(6-1)17-18-14(19)15-10-12-7-8-16-20(12)11-4-3-5-11/h7-8,11H,1-6,9-10H2,(H,15,18). The predicted molar refractivity (Wildman–Crippen MR) is 75.4 cm³/mol. The average molecular weight is 272 g/mol. The molecule has 0 bridgehead atoms. The number of nitrogens with one attached hydrogen (secondary N) is 1. The monoisotopic (exact) mass is 272 g/mol. The summed E-state index contributed by atoms with van der Waals surface area (Å²) >= 11 is 0. The normalized spacial score (nSPS) is 18.6. The van der Waals surface area contributed by atoms with Gasteiger partial charge in [0.05, 0.1) is 18.3 Å². The summed E-state index contributed by atoms with van der Waals surface area (Å²) in [6.45, 7) is 1.81. The Hall–Kier alpha value is -1.85. The van der Waals surface area contributed by atoms with Crippen LogP contribution in [-0.4, -0.2) is 24.5 Å². The third kappa shape index (κ3) is 1.99. The highest BCUT2D eigenvalue weighted by atomic mass is 15.4. The highest BCUT2D eigenvalue weighted by molar-refractivity contribution is 5.28. The van der Waals surface area contributed by atoms with E-state index >= 15 is 0 Å². The summed E-state index contributed by atoms with van der Waals surface area (Å²) in [4.78, 5) is 0. The molecule has 0 atom stereocenters. The molecule has 2 aliphatic rings. The Labute approximate surface area is 118 Å².